The Kier molecular flexibility index (Phi) is 5.70. The molecule has 1 saturated heterocycles. The van der Waals surface area contributed by atoms with Crippen molar-refractivity contribution in [2.75, 3.05) is 18.2 Å². The van der Waals surface area contributed by atoms with Gasteiger partial charge in [-0.3, -0.25) is 4.79 Å². The highest BCUT2D eigenvalue weighted by atomic mass is 19.1. The van der Waals surface area contributed by atoms with Crippen LogP contribution in [0.5, 0.6) is 0 Å². The van der Waals surface area contributed by atoms with Crippen LogP contribution in [0.3, 0.4) is 0 Å². The number of nitrogens with one attached hydrogen (secondary N) is 1. The minimum atomic E-state index is -0.767. The minimum Gasteiger partial charge on any atom is -0.393 e. The van der Waals surface area contributed by atoms with Crippen LogP contribution in [0.15, 0.2) is 47.4 Å². The predicted molar refractivity (Wildman–Crippen MR) is 118 cm³/mol. The molecule has 1 fully saturated rings. The molecule has 32 heavy (non-hydrogen) atoms. The Morgan fingerprint density at radius 2 is 1.91 bits per heavy atom. The molecule has 7 nitrogen and oxygen atoms in total. The summed E-state index contributed by atoms with van der Waals surface area (Å²) in [5, 5.41) is 10.7. The Labute approximate surface area is 183 Å². The maximum Gasteiger partial charge on any atom is 0.340 e. The first-order valence-corrected chi connectivity index (χ1v) is 10.4. The molecule has 1 aliphatic heterocycles. The molecule has 2 N–H and O–H groups in total. The van der Waals surface area contributed by atoms with Gasteiger partial charge in [-0.05, 0) is 50.6 Å². The molecule has 3 aromatic rings. The number of hydrogen-bond donors (Lipinski definition) is 2. The molecule has 1 aromatic heterocycles. The number of amides is 2. The minimum absolute atomic E-state index is 0.0517. The van der Waals surface area contributed by atoms with E-state index in [1.807, 2.05) is 13.8 Å². The van der Waals surface area contributed by atoms with Crippen molar-refractivity contribution in [1.29, 1.82) is 0 Å². The van der Waals surface area contributed by atoms with Crippen molar-refractivity contribution in [3.63, 3.8) is 0 Å². The number of halogens is 2. The maximum atomic E-state index is 15.2. The topological polar surface area (TPSA) is 77.8 Å². The molecule has 1 atom stereocenters. The molecule has 1 unspecified atom stereocenters. The molecule has 0 radical (unpaired) electrons. The van der Waals surface area contributed by atoms with Gasteiger partial charge in [0.05, 0.1) is 12.1 Å². The molecule has 0 saturated carbocycles. The Morgan fingerprint density at radius 3 is 2.50 bits per heavy atom. The van der Waals surface area contributed by atoms with Gasteiger partial charge in [0.25, 0.3) is 0 Å². The molecule has 0 spiro atoms. The zero-order chi connectivity index (χ0) is 23.2. The van der Waals surface area contributed by atoms with Crippen LogP contribution in [-0.4, -0.2) is 39.9 Å². The largest absolute Gasteiger partial charge is 0.393 e. The average Bonchev–Trinajstić information content (AvgIpc) is 3.09. The van der Waals surface area contributed by atoms with Gasteiger partial charge < -0.3 is 14.6 Å². The number of anilines is 1. The third kappa shape index (κ3) is 3.53. The highest BCUT2D eigenvalue weighted by Crippen LogP contribution is 2.30. The number of fused-ring (bicyclic) bond motifs is 1. The van der Waals surface area contributed by atoms with Gasteiger partial charge in [0.15, 0.2) is 5.43 Å². The normalized spacial score (nSPS) is 16.6. The zero-order valence-corrected chi connectivity index (χ0v) is 18.0. The summed E-state index contributed by atoms with van der Waals surface area (Å²) in [5.41, 5.74) is 3.42. The number of hydrogen-bond acceptors (Lipinski definition) is 4. The van der Waals surface area contributed by atoms with Gasteiger partial charge in [0, 0.05) is 29.7 Å². The number of urea groups is 1. The summed E-state index contributed by atoms with van der Waals surface area (Å²) in [7, 11) is 0. The Morgan fingerprint density at radius 1 is 1.16 bits per heavy atom. The Hall–Kier alpha value is -3.30. The number of pyridine rings is 1. The van der Waals surface area contributed by atoms with Gasteiger partial charge in [-0.25, -0.2) is 24.0 Å². The van der Waals surface area contributed by atoms with E-state index in [1.165, 1.54) is 29.2 Å². The van der Waals surface area contributed by atoms with Crippen LogP contribution in [0, 0.1) is 11.6 Å². The number of benzene rings is 2. The fourth-order valence-electron chi connectivity index (χ4n) is 4.02. The molecule has 2 heterocycles. The molecular weight excluding hydrogens is 418 g/mol. The summed E-state index contributed by atoms with van der Waals surface area (Å²) in [6.45, 7) is 5.56. The fraction of sp³-hybridized carbons (Fsp3) is 0.304. The monoisotopic (exact) mass is 442 g/mol. The van der Waals surface area contributed by atoms with Gasteiger partial charge in [-0.15, -0.1) is 0 Å². The van der Waals surface area contributed by atoms with Gasteiger partial charge in [0.2, 0.25) is 0 Å². The third-order valence-corrected chi connectivity index (χ3v) is 5.64. The Balaban J connectivity index is 1.93. The van der Waals surface area contributed by atoms with E-state index in [4.69, 9.17) is 0 Å². The highest BCUT2D eigenvalue weighted by molar-refractivity contribution is 5.96. The number of nitrogens with zero attached hydrogens (tertiary/aromatic N) is 3. The van der Waals surface area contributed by atoms with E-state index < -0.39 is 29.3 Å². The van der Waals surface area contributed by atoms with Crippen molar-refractivity contribution in [2.45, 2.75) is 33.0 Å². The summed E-state index contributed by atoms with van der Waals surface area (Å²) < 4.78 is 30.8. The van der Waals surface area contributed by atoms with E-state index in [-0.39, 0.29) is 29.3 Å². The standard InChI is InChI=1S/C23H24F2N4O3/c1-4-27-21(12-30)26-29(23(27)32)20-10-19-16(9-18(20)25)22(31)17(11-28(19)13(2)3)14-6-5-7-15(24)8-14/h5-11,13,21,26,30H,4,12H2,1-3H3. The maximum absolute atomic E-state index is 15.2. The second kappa shape index (κ2) is 8.33. The van der Waals surface area contributed by atoms with E-state index in [0.717, 1.165) is 11.1 Å². The first-order chi connectivity index (χ1) is 15.3. The molecule has 1 aliphatic rings. The molecule has 2 aromatic carbocycles. The number of carbonyl (C=O) groups excluding carboxylic acids is 1. The molecule has 2 amide bonds. The number of rotatable bonds is 5. The van der Waals surface area contributed by atoms with Crippen molar-refractivity contribution >= 4 is 22.6 Å². The lowest BCUT2D eigenvalue weighted by Crippen LogP contribution is -2.41. The highest BCUT2D eigenvalue weighted by Gasteiger charge is 2.37. The van der Waals surface area contributed by atoms with Crippen LogP contribution < -0.4 is 15.9 Å². The third-order valence-electron chi connectivity index (χ3n) is 5.64. The number of hydrazine groups is 1. The van der Waals surface area contributed by atoms with Crippen molar-refractivity contribution in [3.05, 3.63) is 64.5 Å². The number of aliphatic hydroxyl groups excluding tert-OH is 1. The number of aromatic nitrogens is 1. The van der Waals surface area contributed by atoms with Crippen molar-refractivity contribution in [1.82, 2.24) is 14.9 Å². The van der Waals surface area contributed by atoms with E-state index in [2.05, 4.69) is 5.43 Å². The number of carbonyl (C=O) groups is 1. The molecule has 4 rings (SSSR count). The predicted octanol–water partition coefficient (Wildman–Crippen LogP) is 3.61. The van der Waals surface area contributed by atoms with Gasteiger partial charge in [0.1, 0.15) is 23.5 Å². The second-order valence-corrected chi connectivity index (χ2v) is 7.94. The first kappa shape index (κ1) is 21.9. The number of likely N-dealkylation sites (N-methyl/N-ethyl adjacent to an activating group) is 1. The van der Waals surface area contributed by atoms with Crippen molar-refractivity contribution < 1.29 is 18.7 Å². The van der Waals surface area contributed by atoms with Crippen molar-refractivity contribution in [2.24, 2.45) is 0 Å². The Bertz CT molecular complexity index is 1260. The lowest BCUT2D eigenvalue weighted by atomic mass is 10.0. The average molecular weight is 442 g/mol. The zero-order valence-electron chi connectivity index (χ0n) is 18.0. The molecular formula is C23H24F2N4O3. The quantitative estimate of drug-likeness (QED) is 0.633. The first-order valence-electron chi connectivity index (χ1n) is 10.4. The smallest absolute Gasteiger partial charge is 0.340 e. The van der Waals surface area contributed by atoms with Gasteiger partial charge >= 0.3 is 6.03 Å². The van der Waals surface area contributed by atoms with Gasteiger partial charge in [-0.1, -0.05) is 12.1 Å². The lowest BCUT2D eigenvalue weighted by Gasteiger charge is -2.21. The summed E-state index contributed by atoms with van der Waals surface area (Å²) >= 11 is 0. The van der Waals surface area contributed by atoms with Crippen LogP contribution in [0.2, 0.25) is 0 Å². The van der Waals surface area contributed by atoms with Crippen LogP contribution in [-0.2, 0) is 0 Å². The van der Waals surface area contributed by atoms with Gasteiger partial charge in [-0.2, -0.15) is 0 Å². The summed E-state index contributed by atoms with van der Waals surface area (Å²) in [6.07, 6.45) is 0.949. The summed E-state index contributed by atoms with van der Waals surface area (Å²) in [4.78, 5) is 27.4. The molecule has 168 valence electrons. The molecule has 0 bridgehead atoms. The SMILES string of the molecule is CCN1C(=O)N(c2cc3c(cc2F)c(=O)c(-c2cccc(F)c2)cn3C(C)C)NC1CO. The lowest BCUT2D eigenvalue weighted by molar-refractivity contribution is 0.156. The van der Waals surface area contributed by atoms with E-state index in [9.17, 15) is 19.1 Å². The van der Waals surface area contributed by atoms with Crippen LogP contribution in [0.4, 0.5) is 19.3 Å². The fourth-order valence-corrected chi connectivity index (χ4v) is 4.02. The van der Waals surface area contributed by atoms with E-state index in [0.29, 0.717) is 17.6 Å². The summed E-state index contributed by atoms with van der Waals surface area (Å²) in [5.74, 6) is -1.24. The van der Waals surface area contributed by atoms with Crippen LogP contribution >= 0.6 is 0 Å². The van der Waals surface area contributed by atoms with E-state index in [1.54, 1.807) is 23.8 Å². The number of aliphatic hydroxyl groups is 1. The van der Waals surface area contributed by atoms with E-state index >= 15 is 4.39 Å². The molecule has 9 heteroatoms. The van der Waals surface area contributed by atoms with Crippen LogP contribution in [0.1, 0.15) is 26.8 Å². The van der Waals surface area contributed by atoms with Crippen molar-refractivity contribution in [3.8, 4) is 11.1 Å². The summed E-state index contributed by atoms with van der Waals surface area (Å²) in [6, 6.07) is 7.63. The van der Waals surface area contributed by atoms with Crippen LogP contribution in [0.25, 0.3) is 22.0 Å². The molecule has 0 aliphatic carbocycles. The second-order valence-electron chi connectivity index (χ2n) is 7.94.